The van der Waals surface area contributed by atoms with Crippen molar-refractivity contribution >= 4 is 11.6 Å². The second-order valence-corrected chi connectivity index (χ2v) is 5.70. The molecule has 0 unspecified atom stereocenters. The molecule has 0 bridgehead atoms. The van der Waals surface area contributed by atoms with E-state index in [2.05, 4.69) is 10.4 Å². The zero-order valence-electron chi connectivity index (χ0n) is 12.9. The molecule has 128 valence electrons. The van der Waals surface area contributed by atoms with Gasteiger partial charge in [-0.1, -0.05) is 25.1 Å². The van der Waals surface area contributed by atoms with E-state index >= 15 is 0 Å². The third-order valence-corrected chi connectivity index (χ3v) is 3.94. The number of nitrogens with one attached hydrogen (secondary N) is 1. The first-order chi connectivity index (χ1) is 11.4. The molecule has 1 aromatic carbocycles. The van der Waals surface area contributed by atoms with Gasteiger partial charge in [-0.3, -0.25) is 4.79 Å². The van der Waals surface area contributed by atoms with E-state index in [1.54, 1.807) is 18.2 Å². The van der Waals surface area contributed by atoms with E-state index < -0.39 is 23.9 Å². The van der Waals surface area contributed by atoms with E-state index in [-0.39, 0.29) is 17.3 Å². The molecule has 2 aromatic rings. The number of rotatable bonds is 3. The summed E-state index contributed by atoms with van der Waals surface area (Å²) in [4.78, 5) is 12.2. The molecule has 1 saturated heterocycles. The Morgan fingerprint density at radius 2 is 2.04 bits per heavy atom. The Labute approximate surface area is 136 Å². The summed E-state index contributed by atoms with van der Waals surface area (Å²) in [6, 6.07) is 7.95. The van der Waals surface area contributed by atoms with Gasteiger partial charge in [-0.15, -0.1) is 0 Å². The summed E-state index contributed by atoms with van der Waals surface area (Å²) in [5, 5.41) is 6.10. The van der Waals surface area contributed by atoms with E-state index in [4.69, 9.17) is 4.74 Å². The maximum atomic E-state index is 13.5. The Bertz CT molecular complexity index is 728. The molecule has 0 radical (unpaired) electrons. The summed E-state index contributed by atoms with van der Waals surface area (Å²) in [5.74, 6) is -0.624. The van der Waals surface area contributed by atoms with Crippen molar-refractivity contribution in [2.24, 2.45) is 5.92 Å². The number of carbonyl (C=O) groups is 1. The van der Waals surface area contributed by atoms with Gasteiger partial charge in [-0.05, 0) is 24.5 Å². The predicted molar refractivity (Wildman–Crippen MR) is 80.7 cm³/mol. The lowest BCUT2D eigenvalue weighted by Crippen LogP contribution is -2.32. The molecule has 1 aliphatic rings. The van der Waals surface area contributed by atoms with Gasteiger partial charge in [0, 0.05) is 6.61 Å². The molecular weight excluding hydrogens is 323 g/mol. The monoisotopic (exact) mass is 339 g/mol. The smallest absolute Gasteiger partial charge is 0.368 e. The van der Waals surface area contributed by atoms with Crippen molar-refractivity contribution in [2.45, 2.75) is 25.6 Å². The first-order valence-corrected chi connectivity index (χ1v) is 7.51. The Morgan fingerprint density at radius 1 is 1.33 bits per heavy atom. The highest BCUT2D eigenvalue weighted by molar-refractivity contribution is 5.95. The minimum absolute atomic E-state index is 0.0384. The van der Waals surface area contributed by atoms with E-state index in [0.29, 0.717) is 13.0 Å². The van der Waals surface area contributed by atoms with Crippen molar-refractivity contribution in [3.63, 3.8) is 0 Å². The lowest BCUT2D eigenvalue weighted by molar-refractivity contribution is -0.142. The lowest BCUT2D eigenvalue weighted by Gasteiger charge is -2.16. The van der Waals surface area contributed by atoms with Crippen LogP contribution in [0.4, 0.5) is 18.9 Å². The van der Waals surface area contributed by atoms with Gasteiger partial charge in [-0.25, -0.2) is 4.68 Å². The van der Waals surface area contributed by atoms with Crippen LogP contribution in [0, 0.1) is 5.92 Å². The number of ether oxygens (including phenoxy) is 1. The minimum atomic E-state index is -4.67. The summed E-state index contributed by atoms with van der Waals surface area (Å²) < 4.78 is 46.5. The highest BCUT2D eigenvalue weighted by atomic mass is 19.4. The summed E-state index contributed by atoms with van der Waals surface area (Å²) in [6.07, 6.45) is -3.70. The SMILES string of the molecule is C[C@H]1CCO[C@H]1C(=O)Nc1cnn(-c2ccccc2)c1C(F)(F)F. The summed E-state index contributed by atoms with van der Waals surface area (Å²) in [6.45, 7) is 2.25. The van der Waals surface area contributed by atoms with Crippen LogP contribution in [0.2, 0.25) is 0 Å². The molecule has 2 heterocycles. The number of benzene rings is 1. The molecule has 1 aromatic heterocycles. The molecule has 1 amide bonds. The third kappa shape index (κ3) is 3.14. The van der Waals surface area contributed by atoms with Crippen LogP contribution in [0.15, 0.2) is 36.5 Å². The van der Waals surface area contributed by atoms with Crippen LogP contribution in [-0.2, 0) is 15.7 Å². The normalized spacial score (nSPS) is 21.0. The lowest BCUT2D eigenvalue weighted by atomic mass is 10.0. The first-order valence-electron chi connectivity index (χ1n) is 7.51. The Balaban J connectivity index is 1.94. The molecule has 3 rings (SSSR count). The molecule has 1 fully saturated rings. The molecular formula is C16H16F3N3O2. The molecule has 24 heavy (non-hydrogen) atoms. The van der Waals surface area contributed by atoms with Crippen LogP contribution in [-0.4, -0.2) is 28.4 Å². The second kappa shape index (κ2) is 6.27. The Kier molecular flexibility index (Phi) is 4.31. The van der Waals surface area contributed by atoms with E-state index in [1.807, 2.05) is 6.92 Å². The molecule has 1 N–H and O–H groups in total. The van der Waals surface area contributed by atoms with E-state index in [9.17, 15) is 18.0 Å². The van der Waals surface area contributed by atoms with Crippen LogP contribution in [0.5, 0.6) is 0 Å². The van der Waals surface area contributed by atoms with Crippen LogP contribution in [0.25, 0.3) is 5.69 Å². The number of para-hydroxylation sites is 1. The zero-order chi connectivity index (χ0) is 17.3. The molecule has 1 aliphatic heterocycles. The Morgan fingerprint density at radius 3 is 2.62 bits per heavy atom. The first kappa shape index (κ1) is 16.5. The van der Waals surface area contributed by atoms with Gasteiger partial charge in [-0.2, -0.15) is 18.3 Å². The fourth-order valence-electron chi connectivity index (χ4n) is 2.71. The predicted octanol–water partition coefficient (Wildman–Crippen LogP) is 3.25. The van der Waals surface area contributed by atoms with Gasteiger partial charge in [0.1, 0.15) is 6.10 Å². The Hall–Kier alpha value is -2.35. The number of hydrogen-bond acceptors (Lipinski definition) is 3. The van der Waals surface area contributed by atoms with E-state index in [0.717, 1.165) is 10.9 Å². The number of carbonyl (C=O) groups excluding carboxylic acids is 1. The quantitative estimate of drug-likeness (QED) is 0.934. The summed E-state index contributed by atoms with van der Waals surface area (Å²) in [7, 11) is 0. The van der Waals surface area contributed by atoms with Gasteiger partial charge in [0.05, 0.1) is 17.6 Å². The number of nitrogens with zero attached hydrogens (tertiary/aromatic N) is 2. The average Bonchev–Trinajstić information content (AvgIpc) is 3.14. The largest absolute Gasteiger partial charge is 0.435 e. The molecule has 0 aliphatic carbocycles. The average molecular weight is 339 g/mol. The number of alkyl halides is 3. The van der Waals surface area contributed by atoms with Gasteiger partial charge in [0.25, 0.3) is 5.91 Å². The van der Waals surface area contributed by atoms with Gasteiger partial charge < -0.3 is 10.1 Å². The van der Waals surface area contributed by atoms with Crippen molar-refractivity contribution in [3.05, 3.63) is 42.2 Å². The maximum absolute atomic E-state index is 13.5. The van der Waals surface area contributed by atoms with Gasteiger partial charge >= 0.3 is 6.18 Å². The van der Waals surface area contributed by atoms with Crippen LogP contribution >= 0.6 is 0 Å². The van der Waals surface area contributed by atoms with Crippen molar-refractivity contribution in [2.75, 3.05) is 11.9 Å². The van der Waals surface area contributed by atoms with Crippen molar-refractivity contribution in [3.8, 4) is 5.69 Å². The summed E-state index contributed by atoms with van der Waals surface area (Å²) in [5.41, 5.74) is -1.14. The topological polar surface area (TPSA) is 56.1 Å². The standard InChI is InChI=1S/C16H16F3N3O2/c1-10-7-8-24-13(10)15(23)21-12-9-20-22(14(12)16(17,18)19)11-5-3-2-4-6-11/h2-6,9-10,13H,7-8H2,1H3,(H,21,23)/t10-,13+/m0/s1. The number of anilines is 1. The van der Waals surface area contributed by atoms with Gasteiger partial charge in [0.2, 0.25) is 0 Å². The maximum Gasteiger partial charge on any atom is 0.435 e. The van der Waals surface area contributed by atoms with E-state index in [1.165, 1.54) is 12.1 Å². The molecule has 5 nitrogen and oxygen atoms in total. The van der Waals surface area contributed by atoms with Crippen LogP contribution < -0.4 is 5.32 Å². The van der Waals surface area contributed by atoms with Crippen LogP contribution in [0.3, 0.4) is 0 Å². The fourth-order valence-corrected chi connectivity index (χ4v) is 2.71. The van der Waals surface area contributed by atoms with Crippen molar-refractivity contribution in [1.82, 2.24) is 9.78 Å². The third-order valence-electron chi connectivity index (χ3n) is 3.94. The highest BCUT2D eigenvalue weighted by Gasteiger charge is 2.40. The van der Waals surface area contributed by atoms with Crippen LogP contribution in [0.1, 0.15) is 19.0 Å². The zero-order valence-corrected chi connectivity index (χ0v) is 12.9. The number of halogens is 3. The summed E-state index contributed by atoms with van der Waals surface area (Å²) >= 11 is 0. The van der Waals surface area contributed by atoms with Gasteiger partial charge in [0.15, 0.2) is 5.69 Å². The van der Waals surface area contributed by atoms with Crippen molar-refractivity contribution in [1.29, 1.82) is 0 Å². The number of amides is 1. The number of hydrogen-bond donors (Lipinski definition) is 1. The highest BCUT2D eigenvalue weighted by Crippen LogP contribution is 2.36. The second-order valence-electron chi connectivity index (χ2n) is 5.70. The molecule has 2 atom stereocenters. The fraction of sp³-hybridized carbons (Fsp3) is 0.375. The molecule has 0 saturated carbocycles. The minimum Gasteiger partial charge on any atom is -0.368 e. The molecule has 8 heteroatoms. The van der Waals surface area contributed by atoms with Crippen molar-refractivity contribution < 1.29 is 22.7 Å². The molecule has 0 spiro atoms. The number of aromatic nitrogens is 2.